The fraction of sp³-hybridized carbons (Fsp3) is 0.929. The molecule has 0 radical (unpaired) electrons. The van der Waals surface area contributed by atoms with Gasteiger partial charge in [0, 0.05) is 26.2 Å². The first-order valence-corrected chi connectivity index (χ1v) is 7.00. The van der Waals surface area contributed by atoms with Gasteiger partial charge in [0.25, 0.3) is 0 Å². The van der Waals surface area contributed by atoms with Crippen LogP contribution in [0.15, 0.2) is 0 Å². The normalized spacial score (nSPS) is 19.4. The van der Waals surface area contributed by atoms with Crippen LogP contribution in [0.1, 0.15) is 57.8 Å². The quantitative estimate of drug-likeness (QED) is 0.548. The predicted molar refractivity (Wildman–Crippen MR) is 67.7 cm³/mol. The minimum absolute atomic E-state index is 0.553. The Bertz CT molecular complexity index is 207. The number of ether oxygens (including phenoxy) is 2. The van der Waals surface area contributed by atoms with Crippen molar-refractivity contribution in [2.45, 2.75) is 63.9 Å². The molecule has 0 N–H and O–H groups in total. The first-order valence-electron chi connectivity index (χ1n) is 7.00. The SMILES string of the molecule is N#CCCCOCCCCCCC1CCCO1. The molecule has 0 saturated carbocycles. The van der Waals surface area contributed by atoms with Crippen LogP contribution in [-0.4, -0.2) is 25.9 Å². The highest BCUT2D eigenvalue weighted by molar-refractivity contribution is 4.67. The van der Waals surface area contributed by atoms with Crippen LogP contribution in [0.5, 0.6) is 0 Å². The Morgan fingerprint density at radius 1 is 1.12 bits per heavy atom. The summed E-state index contributed by atoms with van der Waals surface area (Å²) in [6, 6.07) is 2.12. The maximum atomic E-state index is 8.34. The third-order valence-corrected chi connectivity index (χ3v) is 3.17. The lowest BCUT2D eigenvalue weighted by molar-refractivity contribution is 0.101. The molecule has 1 saturated heterocycles. The summed E-state index contributed by atoms with van der Waals surface area (Å²) in [6.45, 7) is 2.57. The zero-order valence-corrected chi connectivity index (χ0v) is 10.8. The van der Waals surface area contributed by atoms with E-state index in [9.17, 15) is 0 Å². The molecule has 0 bridgehead atoms. The molecule has 1 aliphatic heterocycles. The molecule has 98 valence electrons. The molecule has 3 nitrogen and oxygen atoms in total. The number of hydrogen-bond acceptors (Lipinski definition) is 3. The zero-order valence-electron chi connectivity index (χ0n) is 10.8. The molecular formula is C14H25NO2. The molecule has 1 heterocycles. The molecule has 0 aliphatic carbocycles. The van der Waals surface area contributed by atoms with Crippen LogP contribution in [0.4, 0.5) is 0 Å². The second kappa shape index (κ2) is 10.6. The Morgan fingerprint density at radius 3 is 2.71 bits per heavy atom. The van der Waals surface area contributed by atoms with Crippen molar-refractivity contribution in [3.63, 3.8) is 0 Å². The molecule has 1 unspecified atom stereocenters. The largest absolute Gasteiger partial charge is 0.381 e. The summed E-state index contributed by atoms with van der Waals surface area (Å²) in [7, 11) is 0. The van der Waals surface area contributed by atoms with Crippen molar-refractivity contribution in [1.29, 1.82) is 5.26 Å². The maximum absolute atomic E-state index is 8.34. The fourth-order valence-corrected chi connectivity index (χ4v) is 2.16. The summed E-state index contributed by atoms with van der Waals surface area (Å²) in [5, 5.41) is 8.34. The fourth-order valence-electron chi connectivity index (χ4n) is 2.16. The van der Waals surface area contributed by atoms with E-state index in [0.717, 1.165) is 32.7 Å². The summed E-state index contributed by atoms with van der Waals surface area (Å²) in [5.74, 6) is 0. The van der Waals surface area contributed by atoms with Gasteiger partial charge in [-0.1, -0.05) is 19.3 Å². The van der Waals surface area contributed by atoms with E-state index in [2.05, 4.69) is 6.07 Å². The number of nitrogens with zero attached hydrogens (tertiary/aromatic N) is 1. The Labute approximate surface area is 105 Å². The second-order valence-electron chi connectivity index (χ2n) is 4.71. The van der Waals surface area contributed by atoms with Gasteiger partial charge in [0.15, 0.2) is 0 Å². The summed E-state index contributed by atoms with van der Waals surface area (Å²) in [6.07, 6.45) is 10.8. The maximum Gasteiger partial charge on any atom is 0.0622 e. The molecule has 1 rings (SSSR count). The topological polar surface area (TPSA) is 42.2 Å². The molecule has 1 atom stereocenters. The highest BCUT2D eigenvalue weighted by atomic mass is 16.5. The van der Waals surface area contributed by atoms with Crippen molar-refractivity contribution in [3.05, 3.63) is 0 Å². The Hall–Kier alpha value is -0.590. The molecule has 3 heteroatoms. The third-order valence-electron chi connectivity index (χ3n) is 3.17. The Kier molecular flexibility index (Phi) is 8.99. The van der Waals surface area contributed by atoms with Crippen LogP contribution in [0.2, 0.25) is 0 Å². The average molecular weight is 239 g/mol. The molecule has 0 aromatic rings. The van der Waals surface area contributed by atoms with Crippen LogP contribution in [0.25, 0.3) is 0 Å². The molecule has 0 spiro atoms. The van der Waals surface area contributed by atoms with Crippen LogP contribution >= 0.6 is 0 Å². The monoisotopic (exact) mass is 239 g/mol. The summed E-state index contributed by atoms with van der Waals surface area (Å²) in [4.78, 5) is 0. The van der Waals surface area contributed by atoms with Crippen LogP contribution in [0.3, 0.4) is 0 Å². The van der Waals surface area contributed by atoms with E-state index in [1.165, 1.54) is 38.5 Å². The molecule has 0 aromatic heterocycles. The van der Waals surface area contributed by atoms with Gasteiger partial charge < -0.3 is 9.47 Å². The van der Waals surface area contributed by atoms with E-state index in [-0.39, 0.29) is 0 Å². The minimum atomic E-state index is 0.553. The lowest BCUT2D eigenvalue weighted by atomic mass is 10.1. The molecule has 0 amide bonds. The molecule has 1 fully saturated rings. The van der Waals surface area contributed by atoms with E-state index in [4.69, 9.17) is 14.7 Å². The summed E-state index contributed by atoms with van der Waals surface area (Å²) >= 11 is 0. The molecular weight excluding hydrogens is 214 g/mol. The van der Waals surface area contributed by atoms with Gasteiger partial charge in [-0.05, 0) is 32.1 Å². The van der Waals surface area contributed by atoms with Crippen LogP contribution in [-0.2, 0) is 9.47 Å². The van der Waals surface area contributed by atoms with Gasteiger partial charge in [0.2, 0.25) is 0 Å². The second-order valence-corrected chi connectivity index (χ2v) is 4.71. The summed E-state index contributed by atoms with van der Waals surface area (Å²) < 4.78 is 11.0. The van der Waals surface area contributed by atoms with E-state index >= 15 is 0 Å². The highest BCUT2D eigenvalue weighted by Crippen LogP contribution is 2.18. The Balaban J connectivity index is 1.71. The van der Waals surface area contributed by atoms with Crippen LogP contribution in [0, 0.1) is 11.3 Å². The number of rotatable bonds is 10. The van der Waals surface area contributed by atoms with Crippen LogP contribution < -0.4 is 0 Å². The number of hydrogen-bond donors (Lipinski definition) is 0. The van der Waals surface area contributed by atoms with E-state index in [1.54, 1.807) is 0 Å². The van der Waals surface area contributed by atoms with Gasteiger partial charge in [-0.15, -0.1) is 0 Å². The van der Waals surface area contributed by atoms with E-state index in [1.807, 2.05) is 0 Å². The van der Waals surface area contributed by atoms with Gasteiger partial charge in [-0.2, -0.15) is 5.26 Å². The number of nitriles is 1. The smallest absolute Gasteiger partial charge is 0.0622 e. The third kappa shape index (κ3) is 8.18. The minimum Gasteiger partial charge on any atom is -0.381 e. The van der Waals surface area contributed by atoms with Gasteiger partial charge in [-0.25, -0.2) is 0 Å². The van der Waals surface area contributed by atoms with Crippen molar-refractivity contribution in [1.82, 2.24) is 0 Å². The first kappa shape index (κ1) is 14.5. The van der Waals surface area contributed by atoms with Crippen molar-refractivity contribution in [2.24, 2.45) is 0 Å². The van der Waals surface area contributed by atoms with E-state index in [0.29, 0.717) is 12.5 Å². The average Bonchev–Trinajstić information content (AvgIpc) is 2.85. The lowest BCUT2D eigenvalue weighted by Crippen LogP contribution is -2.04. The predicted octanol–water partition coefficient (Wildman–Crippen LogP) is 3.44. The van der Waals surface area contributed by atoms with E-state index < -0.39 is 0 Å². The van der Waals surface area contributed by atoms with Gasteiger partial charge in [-0.3, -0.25) is 0 Å². The zero-order chi connectivity index (χ0) is 12.2. The van der Waals surface area contributed by atoms with Crippen molar-refractivity contribution >= 4 is 0 Å². The Morgan fingerprint density at radius 2 is 1.94 bits per heavy atom. The molecule has 0 aromatic carbocycles. The van der Waals surface area contributed by atoms with Gasteiger partial charge in [0.05, 0.1) is 12.2 Å². The standard InChI is InChI=1S/C14H25NO2/c15-10-4-6-12-16-11-5-2-1-3-8-14-9-7-13-17-14/h14H,1-9,11-13H2. The van der Waals surface area contributed by atoms with Crippen molar-refractivity contribution in [3.8, 4) is 6.07 Å². The lowest BCUT2D eigenvalue weighted by Gasteiger charge is -2.08. The van der Waals surface area contributed by atoms with Gasteiger partial charge >= 0.3 is 0 Å². The highest BCUT2D eigenvalue weighted by Gasteiger charge is 2.14. The molecule has 1 aliphatic rings. The van der Waals surface area contributed by atoms with Crippen molar-refractivity contribution < 1.29 is 9.47 Å². The van der Waals surface area contributed by atoms with Crippen molar-refractivity contribution in [2.75, 3.05) is 19.8 Å². The number of unbranched alkanes of at least 4 members (excludes halogenated alkanes) is 4. The van der Waals surface area contributed by atoms with Gasteiger partial charge in [0.1, 0.15) is 0 Å². The first-order chi connectivity index (χ1) is 8.43. The molecule has 17 heavy (non-hydrogen) atoms. The summed E-state index contributed by atoms with van der Waals surface area (Å²) in [5.41, 5.74) is 0.